The molecule has 1 heterocycles. The summed E-state index contributed by atoms with van der Waals surface area (Å²) in [5, 5.41) is 8.21. The van der Waals surface area contributed by atoms with Crippen molar-refractivity contribution in [1.82, 2.24) is 10.6 Å². The topological polar surface area (TPSA) is 41.1 Å². The molecule has 0 radical (unpaired) electrons. The summed E-state index contributed by atoms with van der Waals surface area (Å²) in [6, 6.07) is 4.18. The minimum absolute atomic E-state index is 0.0848. The maximum absolute atomic E-state index is 11.6. The Hall–Kier alpha value is -0.870. The van der Waals surface area contributed by atoms with Gasteiger partial charge in [0.15, 0.2) is 0 Å². The first-order valence-electron chi connectivity index (χ1n) is 5.79. The maximum Gasteiger partial charge on any atom is 0.234 e. The van der Waals surface area contributed by atoms with Crippen LogP contribution in [0.3, 0.4) is 0 Å². The third-order valence-corrected chi connectivity index (χ3v) is 3.82. The van der Waals surface area contributed by atoms with Gasteiger partial charge in [-0.1, -0.05) is 6.07 Å². The minimum atomic E-state index is 0.0848. The molecule has 0 aromatic carbocycles. The lowest BCUT2D eigenvalue weighted by Crippen LogP contribution is -2.35. The largest absolute Gasteiger partial charge is 0.348 e. The smallest absolute Gasteiger partial charge is 0.234 e. The highest BCUT2D eigenvalue weighted by Crippen LogP contribution is 2.27. The number of amides is 1. The Kier molecular flexibility index (Phi) is 3.96. The molecule has 0 bridgehead atoms. The van der Waals surface area contributed by atoms with Crippen molar-refractivity contribution in [3.8, 4) is 0 Å². The summed E-state index contributed by atoms with van der Waals surface area (Å²) in [4.78, 5) is 12.8. The van der Waals surface area contributed by atoms with Gasteiger partial charge in [-0.05, 0) is 43.7 Å². The molecule has 1 fully saturated rings. The molecule has 1 aromatic heterocycles. The number of carbonyl (C=O) groups is 1. The first kappa shape index (κ1) is 11.6. The van der Waals surface area contributed by atoms with Gasteiger partial charge in [0.05, 0.1) is 12.6 Å². The fourth-order valence-electron chi connectivity index (χ4n) is 1.61. The molecule has 0 unspecified atom stereocenters. The van der Waals surface area contributed by atoms with Crippen LogP contribution in [0, 0.1) is 5.92 Å². The zero-order valence-corrected chi connectivity index (χ0v) is 10.3. The second-order valence-corrected chi connectivity index (χ2v) is 5.36. The van der Waals surface area contributed by atoms with E-state index in [9.17, 15) is 4.79 Å². The molecule has 2 N–H and O–H groups in total. The van der Waals surface area contributed by atoms with E-state index in [0.717, 1.165) is 12.5 Å². The molecular weight excluding hydrogens is 220 g/mol. The lowest BCUT2D eigenvalue weighted by atomic mass is 10.3. The molecular formula is C12H18N2OS. The van der Waals surface area contributed by atoms with Crippen LogP contribution < -0.4 is 10.6 Å². The van der Waals surface area contributed by atoms with Crippen LogP contribution in [0.15, 0.2) is 17.5 Å². The van der Waals surface area contributed by atoms with Crippen molar-refractivity contribution < 1.29 is 4.79 Å². The summed E-state index contributed by atoms with van der Waals surface area (Å²) in [7, 11) is 0. The number of carbonyl (C=O) groups excluding carboxylic acids is 1. The van der Waals surface area contributed by atoms with Crippen molar-refractivity contribution in [1.29, 1.82) is 0 Å². The first-order valence-corrected chi connectivity index (χ1v) is 6.67. The summed E-state index contributed by atoms with van der Waals surface area (Å²) in [5.74, 6) is 0.907. The van der Waals surface area contributed by atoms with Crippen LogP contribution in [0.2, 0.25) is 0 Å². The van der Waals surface area contributed by atoms with Crippen LogP contribution in [0.1, 0.15) is 30.7 Å². The molecule has 16 heavy (non-hydrogen) atoms. The highest BCUT2D eigenvalue weighted by atomic mass is 32.1. The Labute approximate surface area is 100 Å². The van der Waals surface area contributed by atoms with Crippen LogP contribution in [0.4, 0.5) is 0 Å². The summed E-state index contributed by atoms with van der Waals surface area (Å²) >= 11 is 1.68. The molecule has 3 nitrogen and oxygen atoms in total. The second-order valence-electron chi connectivity index (χ2n) is 4.38. The number of rotatable bonds is 6. The lowest BCUT2D eigenvalue weighted by Gasteiger charge is -2.12. The van der Waals surface area contributed by atoms with Crippen LogP contribution in [0.25, 0.3) is 0 Å². The molecule has 0 saturated heterocycles. The molecule has 4 heteroatoms. The average Bonchev–Trinajstić information content (AvgIpc) is 2.91. The van der Waals surface area contributed by atoms with E-state index in [0.29, 0.717) is 6.54 Å². The van der Waals surface area contributed by atoms with Crippen LogP contribution in [-0.2, 0) is 4.79 Å². The van der Waals surface area contributed by atoms with Crippen molar-refractivity contribution in [2.75, 3.05) is 13.1 Å². The zero-order valence-electron chi connectivity index (χ0n) is 9.53. The highest BCUT2D eigenvalue weighted by molar-refractivity contribution is 7.10. The maximum atomic E-state index is 11.6. The quantitative estimate of drug-likeness (QED) is 0.795. The Bertz CT molecular complexity index is 333. The molecule has 1 amide bonds. The number of hydrogen-bond acceptors (Lipinski definition) is 3. The van der Waals surface area contributed by atoms with Gasteiger partial charge in [0.2, 0.25) is 5.91 Å². The van der Waals surface area contributed by atoms with Crippen molar-refractivity contribution in [2.24, 2.45) is 5.92 Å². The average molecular weight is 238 g/mol. The Morgan fingerprint density at radius 1 is 1.62 bits per heavy atom. The fourth-order valence-corrected chi connectivity index (χ4v) is 2.35. The van der Waals surface area contributed by atoms with E-state index in [1.54, 1.807) is 11.3 Å². The van der Waals surface area contributed by atoms with E-state index >= 15 is 0 Å². The SMILES string of the molecule is C[C@H](NC(=O)CNCC1CC1)c1cccs1. The van der Waals surface area contributed by atoms with Gasteiger partial charge in [-0.3, -0.25) is 4.79 Å². The van der Waals surface area contributed by atoms with Crippen LogP contribution >= 0.6 is 11.3 Å². The van der Waals surface area contributed by atoms with Crippen LogP contribution in [-0.4, -0.2) is 19.0 Å². The lowest BCUT2D eigenvalue weighted by molar-refractivity contribution is -0.120. The molecule has 1 atom stereocenters. The predicted octanol–water partition coefficient (Wildman–Crippen LogP) is 1.92. The van der Waals surface area contributed by atoms with Gasteiger partial charge in [-0.2, -0.15) is 0 Å². The van der Waals surface area contributed by atoms with Gasteiger partial charge in [0.25, 0.3) is 0 Å². The molecule has 0 spiro atoms. The van der Waals surface area contributed by atoms with Gasteiger partial charge in [-0.15, -0.1) is 11.3 Å². The van der Waals surface area contributed by atoms with Crippen molar-refractivity contribution in [3.63, 3.8) is 0 Å². The van der Waals surface area contributed by atoms with Crippen molar-refractivity contribution in [2.45, 2.75) is 25.8 Å². The van der Waals surface area contributed by atoms with E-state index in [2.05, 4.69) is 10.6 Å². The first-order chi connectivity index (χ1) is 7.75. The second kappa shape index (κ2) is 5.46. The molecule has 1 aliphatic carbocycles. The Morgan fingerprint density at radius 3 is 3.06 bits per heavy atom. The monoisotopic (exact) mass is 238 g/mol. The number of hydrogen-bond donors (Lipinski definition) is 2. The van der Waals surface area contributed by atoms with E-state index in [1.165, 1.54) is 17.7 Å². The highest BCUT2D eigenvalue weighted by Gasteiger charge is 2.20. The van der Waals surface area contributed by atoms with Gasteiger partial charge >= 0.3 is 0 Å². The van der Waals surface area contributed by atoms with Gasteiger partial charge in [-0.25, -0.2) is 0 Å². The minimum Gasteiger partial charge on any atom is -0.348 e. The molecule has 1 aromatic rings. The fraction of sp³-hybridized carbons (Fsp3) is 0.583. The molecule has 0 aliphatic heterocycles. The predicted molar refractivity (Wildman–Crippen MR) is 66.5 cm³/mol. The van der Waals surface area contributed by atoms with Crippen molar-refractivity contribution in [3.05, 3.63) is 22.4 Å². The summed E-state index contributed by atoms with van der Waals surface area (Å²) in [5.41, 5.74) is 0. The Morgan fingerprint density at radius 2 is 2.44 bits per heavy atom. The van der Waals surface area contributed by atoms with E-state index in [1.807, 2.05) is 24.4 Å². The summed E-state index contributed by atoms with van der Waals surface area (Å²) in [6.45, 7) is 3.44. The standard InChI is InChI=1S/C12H18N2OS/c1-9(11-3-2-6-16-11)14-12(15)8-13-7-10-4-5-10/h2-3,6,9-10,13H,4-5,7-8H2,1H3,(H,14,15)/t9-/m0/s1. The zero-order chi connectivity index (χ0) is 11.4. The molecule has 1 aliphatic rings. The molecule has 88 valence electrons. The molecule has 1 saturated carbocycles. The van der Waals surface area contributed by atoms with Crippen molar-refractivity contribution >= 4 is 17.2 Å². The van der Waals surface area contributed by atoms with E-state index < -0.39 is 0 Å². The number of thiophene rings is 1. The van der Waals surface area contributed by atoms with Gasteiger partial charge in [0, 0.05) is 4.88 Å². The normalized spacial score (nSPS) is 17.1. The van der Waals surface area contributed by atoms with Gasteiger partial charge in [0.1, 0.15) is 0 Å². The Balaban J connectivity index is 1.65. The number of nitrogens with one attached hydrogen (secondary N) is 2. The molecule has 2 rings (SSSR count). The third kappa shape index (κ3) is 3.61. The van der Waals surface area contributed by atoms with Gasteiger partial charge < -0.3 is 10.6 Å². The van der Waals surface area contributed by atoms with E-state index in [4.69, 9.17) is 0 Å². The van der Waals surface area contributed by atoms with E-state index in [-0.39, 0.29) is 11.9 Å². The summed E-state index contributed by atoms with van der Waals surface area (Å²) in [6.07, 6.45) is 2.64. The summed E-state index contributed by atoms with van der Waals surface area (Å²) < 4.78 is 0. The van der Waals surface area contributed by atoms with Crippen LogP contribution in [0.5, 0.6) is 0 Å². The third-order valence-electron chi connectivity index (χ3n) is 2.76.